The minimum Gasteiger partial charge on any atom is -0.384 e. The molecule has 0 spiro atoms. The van der Waals surface area contributed by atoms with E-state index in [2.05, 4.69) is 22.8 Å². The summed E-state index contributed by atoms with van der Waals surface area (Å²) in [5.74, 6) is 0.183. The van der Waals surface area contributed by atoms with Gasteiger partial charge in [0.1, 0.15) is 0 Å². The zero-order valence-electron chi connectivity index (χ0n) is 10.7. The normalized spacial score (nSPS) is 18.4. The highest BCUT2D eigenvalue weighted by Crippen LogP contribution is 2.26. The van der Waals surface area contributed by atoms with Crippen LogP contribution in [0.5, 0.6) is 0 Å². The molecule has 1 saturated carbocycles. The number of amides is 1. The van der Waals surface area contributed by atoms with E-state index in [1.807, 2.05) is 6.07 Å². The molecule has 1 aliphatic heterocycles. The Hall–Kier alpha value is -1.51. The highest BCUT2D eigenvalue weighted by atomic mass is 16.1. The summed E-state index contributed by atoms with van der Waals surface area (Å²) < 4.78 is 0. The molecule has 1 heterocycles. The van der Waals surface area contributed by atoms with Crippen LogP contribution in [0.4, 0.5) is 5.69 Å². The summed E-state index contributed by atoms with van der Waals surface area (Å²) in [4.78, 5) is 12.0. The van der Waals surface area contributed by atoms with Crippen LogP contribution in [0, 0.1) is 0 Å². The summed E-state index contributed by atoms with van der Waals surface area (Å²) in [7, 11) is 0. The average Bonchev–Trinajstić information content (AvgIpc) is 2.99. The van der Waals surface area contributed by atoms with E-state index >= 15 is 0 Å². The molecule has 1 amide bonds. The van der Waals surface area contributed by atoms with Gasteiger partial charge in [0.2, 0.25) is 5.91 Å². The molecule has 1 aromatic rings. The first kappa shape index (κ1) is 11.6. The third kappa shape index (κ3) is 2.35. The Morgan fingerprint density at radius 3 is 3.00 bits per heavy atom. The number of benzene rings is 1. The van der Waals surface area contributed by atoms with Crippen LogP contribution < -0.4 is 10.6 Å². The smallest absolute Gasteiger partial charge is 0.224 e. The Kier molecular flexibility index (Phi) is 3.22. The summed E-state index contributed by atoms with van der Waals surface area (Å²) in [6.45, 7) is 0.997. The molecular weight excluding hydrogens is 224 g/mol. The van der Waals surface area contributed by atoms with Crippen LogP contribution in [0.2, 0.25) is 0 Å². The standard InChI is InChI=1S/C15H20N2O/c18-15(17-12-5-1-2-6-12)10-11-4-3-7-14-13(11)8-9-16-14/h3-4,7,12,16H,1-2,5-6,8-10H2,(H,17,18). The molecule has 0 aromatic heterocycles. The quantitative estimate of drug-likeness (QED) is 0.856. The number of hydrogen-bond acceptors (Lipinski definition) is 2. The largest absolute Gasteiger partial charge is 0.384 e. The minimum atomic E-state index is 0.183. The Morgan fingerprint density at radius 1 is 1.33 bits per heavy atom. The molecule has 2 aliphatic rings. The van der Waals surface area contributed by atoms with Gasteiger partial charge in [-0.05, 0) is 36.5 Å². The number of hydrogen-bond donors (Lipinski definition) is 2. The van der Waals surface area contributed by atoms with Crippen molar-refractivity contribution in [2.75, 3.05) is 11.9 Å². The zero-order valence-corrected chi connectivity index (χ0v) is 10.7. The van der Waals surface area contributed by atoms with Gasteiger partial charge in [-0.2, -0.15) is 0 Å². The maximum absolute atomic E-state index is 12.0. The van der Waals surface area contributed by atoms with Gasteiger partial charge >= 0.3 is 0 Å². The number of fused-ring (bicyclic) bond motifs is 1. The summed E-state index contributed by atoms with van der Waals surface area (Å²) in [6, 6.07) is 6.64. The van der Waals surface area contributed by atoms with Gasteiger partial charge in [0.05, 0.1) is 6.42 Å². The fourth-order valence-electron chi connectivity index (χ4n) is 3.11. The van der Waals surface area contributed by atoms with E-state index < -0.39 is 0 Å². The molecular formula is C15H20N2O. The van der Waals surface area contributed by atoms with Crippen molar-refractivity contribution < 1.29 is 4.79 Å². The molecule has 1 aliphatic carbocycles. The summed E-state index contributed by atoms with van der Waals surface area (Å²) in [5, 5.41) is 6.51. The van der Waals surface area contributed by atoms with Crippen molar-refractivity contribution in [3.63, 3.8) is 0 Å². The van der Waals surface area contributed by atoms with Crippen LogP contribution in [-0.2, 0) is 17.6 Å². The second-order valence-corrected chi connectivity index (χ2v) is 5.35. The molecule has 0 saturated heterocycles. The maximum atomic E-state index is 12.0. The van der Waals surface area contributed by atoms with Crippen molar-refractivity contribution >= 4 is 11.6 Å². The van der Waals surface area contributed by atoms with Gasteiger partial charge in [-0.3, -0.25) is 4.79 Å². The van der Waals surface area contributed by atoms with E-state index in [1.165, 1.54) is 29.7 Å². The van der Waals surface area contributed by atoms with E-state index in [9.17, 15) is 4.79 Å². The van der Waals surface area contributed by atoms with Crippen LogP contribution in [0.1, 0.15) is 36.8 Å². The number of rotatable bonds is 3. The van der Waals surface area contributed by atoms with Gasteiger partial charge in [0.25, 0.3) is 0 Å². The SMILES string of the molecule is O=C(Cc1cccc2c1CCN2)NC1CCCC1. The molecule has 18 heavy (non-hydrogen) atoms. The van der Waals surface area contributed by atoms with Gasteiger partial charge in [-0.15, -0.1) is 0 Å². The Bertz CT molecular complexity index is 450. The Balaban J connectivity index is 1.65. The molecule has 3 heteroatoms. The van der Waals surface area contributed by atoms with Gasteiger partial charge in [0.15, 0.2) is 0 Å². The summed E-state index contributed by atoms with van der Waals surface area (Å²) >= 11 is 0. The van der Waals surface area contributed by atoms with Gasteiger partial charge < -0.3 is 10.6 Å². The molecule has 0 radical (unpaired) electrons. The molecule has 0 atom stereocenters. The lowest BCUT2D eigenvalue weighted by atomic mass is 10.0. The van der Waals surface area contributed by atoms with E-state index in [0.29, 0.717) is 12.5 Å². The molecule has 3 rings (SSSR count). The molecule has 0 unspecified atom stereocenters. The highest BCUT2D eigenvalue weighted by molar-refractivity contribution is 5.80. The zero-order chi connectivity index (χ0) is 12.4. The van der Waals surface area contributed by atoms with Crippen molar-refractivity contribution in [2.24, 2.45) is 0 Å². The van der Waals surface area contributed by atoms with Crippen molar-refractivity contribution in [1.82, 2.24) is 5.32 Å². The van der Waals surface area contributed by atoms with Crippen LogP contribution >= 0.6 is 0 Å². The number of nitrogens with one attached hydrogen (secondary N) is 2. The van der Waals surface area contributed by atoms with E-state index in [0.717, 1.165) is 25.8 Å². The second kappa shape index (κ2) is 5.01. The first-order valence-electron chi connectivity index (χ1n) is 6.97. The fraction of sp³-hybridized carbons (Fsp3) is 0.533. The minimum absolute atomic E-state index is 0.183. The van der Waals surface area contributed by atoms with Gasteiger partial charge in [0, 0.05) is 18.3 Å². The number of anilines is 1. The fourth-order valence-corrected chi connectivity index (χ4v) is 3.11. The summed E-state index contributed by atoms with van der Waals surface area (Å²) in [6.07, 6.45) is 6.40. The highest BCUT2D eigenvalue weighted by Gasteiger charge is 2.19. The Morgan fingerprint density at radius 2 is 2.17 bits per heavy atom. The lowest BCUT2D eigenvalue weighted by molar-refractivity contribution is -0.121. The first-order chi connectivity index (χ1) is 8.83. The van der Waals surface area contributed by atoms with Crippen molar-refractivity contribution in [1.29, 1.82) is 0 Å². The van der Waals surface area contributed by atoms with E-state index in [-0.39, 0.29) is 5.91 Å². The lowest BCUT2D eigenvalue weighted by Gasteiger charge is -2.13. The number of carbonyl (C=O) groups excluding carboxylic acids is 1. The van der Waals surface area contributed by atoms with Crippen LogP contribution in [0.3, 0.4) is 0 Å². The molecule has 2 N–H and O–H groups in total. The molecule has 1 fully saturated rings. The summed E-state index contributed by atoms with van der Waals surface area (Å²) in [5.41, 5.74) is 3.73. The monoisotopic (exact) mass is 244 g/mol. The van der Waals surface area contributed by atoms with Gasteiger partial charge in [-0.1, -0.05) is 25.0 Å². The van der Waals surface area contributed by atoms with E-state index in [1.54, 1.807) is 0 Å². The third-order valence-electron chi connectivity index (χ3n) is 4.03. The maximum Gasteiger partial charge on any atom is 0.224 e. The Labute approximate surface area is 108 Å². The van der Waals surface area contributed by atoms with Gasteiger partial charge in [-0.25, -0.2) is 0 Å². The molecule has 0 bridgehead atoms. The van der Waals surface area contributed by atoms with Crippen molar-refractivity contribution in [2.45, 2.75) is 44.6 Å². The molecule has 1 aromatic carbocycles. The number of carbonyl (C=O) groups is 1. The van der Waals surface area contributed by atoms with Crippen molar-refractivity contribution in [3.05, 3.63) is 29.3 Å². The lowest BCUT2D eigenvalue weighted by Crippen LogP contribution is -2.33. The van der Waals surface area contributed by atoms with Crippen LogP contribution in [-0.4, -0.2) is 18.5 Å². The average molecular weight is 244 g/mol. The molecule has 3 nitrogen and oxygen atoms in total. The van der Waals surface area contributed by atoms with E-state index in [4.69, 9.17) is 0 Å². The van der Waals surface area contributed by atoms with Crippen LogP contribution in [0.25, 0.3) is 0 Å². The topological polar surface area (TPSA) is 41.1 Å². The molecule has 96 valence electrons. The third-order valence-corrected chi connectivity index (χ3v) is 4.03. The van der Waals surface area contributed by atoms with Crippen molar-refractivity contribution in [3.8, 4) is 0 Å². The van der Waals surface area contributed by atoms with Crippen LogP contribution in [0.15, 0.2) is 18.2 Å². The predicted molar refractivity (Wildman–Crippen MR) is 72.7 cm³/mol. The predicted octanol–water partition coefficient (Wildman–Crippen LogP) is 2.26. The first-order valence-corrected chi connectivity index (χ1v) is 6.97. The second-order valence-electron chi connectivity index (χ2n) is 5.35.